The van der Waals surface area contributed by atoms with Crippen LogP contribution < -0.4 is 0 Å². The summed E-state index contributed by atoms with van der Waals surface area (Å²) in [5.41, 5.74) is 1.77. The molecule has 1 heterocycles. The summed E-state index contributed by atoms with van der Waals surface area (Å²) in [5, 5.41) is 15.9. The van der Waals surface area contributed by atoms with Crippen molar-refractivity contribution in [3.8, 4) is 0 Å². The van der Waals surface area contributed by atoms with Gasteiger partial charge in [-0.15, -0.1) is 12.4 Å². The lowest BCUT2D eigenvalue weighted by Crippen LogP contribution is -1.97. The summed E-state index contributed by atoms with van der Waals surface area (Å²) in [7, 11) is 0. The number of aromatic amines is 1. The molecule has 2 rings (SSSR count). The largest absolute Gasteiger partial charge is 0.476 e. The SMILES string of the molecule is Cc1cccc2[nH]nc(C(=O)O)c12.Cl. The highest BCUT2D eigenvalue weighted by molar-refractivity contribution is 6.02. The maximum Gasteiger partial charge on any atom is 0.357 e. The minimum atomic E-state index is -0.999. The average molecular weight is 213 g/mol. The van der Waals surface area contributed by atoms with Gasteiger partial charge in [0.1, 0.15) is 0 Å². The number of benzene rings is 1. The third kappa shape index (κ3) is 1.44. The molecule has 0 atom stereocenters. The second-order valence-electron chi connectivity index (χ2n) is 2.87. The number of carboxylic acids is 1. The topological polar surface area (TPSA) is 66.0 Å². The number of aryl methyl sites for hydroxylation is 1. The van der Waals surface area contributed by atoms with Crippen LogP contribution in [0, 0.1) is 6.92 Å². The molecule has 0 aliphatic rings. The van der Waals surface area contributed by atoms with Crippen molar-refractivity contribution in [1.29, 1.82) is 0 Å². The second kappa shape index (κ2) is 3.67. The number of hydrogen-bond donors (Lipinski definition) is 2. The predicted octanol–water partition coefficient (Wildman–Crippen LogP) is 1.99. The summed E-state index contributed by atoms with van der Waals surface area (Å²) in [5.74, 6) is -0.999. The molecule has 0 bridgehead atoms. The standard InChI is InChI=1S/C9H8N2O2.ClH/c1-5-3-2-4-6-7(5)8(9(12)13)11-10-6;/h2-4H,1H3,(H,10,11)(H,12,13);1H. The minimum Gasteiger partial charge on any atom is -0.476 e. The molecular weight excluding hydrogens is 204 g/mol. The summed E-state index contributed by atoms with van der Waals surface area (Å²) in [4.78, 5) is 10.7. The van der Waals surface area contributed by atoms with Crippen molar-refractivity contribution in [1.82, 2.24) is 10.2 Å². The van der Waals surface area contributed by atoms with Crippen LogP contribution in [0.2, 0.25) is 0 Å². The highest BCUT2D eigenvalue weighted by atomic mass is 35.5. The Morgan fingerprint density at radius 2 is 2.21 bits per heavy atom. The number of carboxylic acid groups (broad SMARTS) is 1. The molecule has 0 aliphatic heterocycles. The number of H-pyrrole nitrogens is 1. The predicted molar refractivity (Wildman–Crippen MR) is 55.0 cm³/mol. The van der Waals surface area contributed by atoms with E-state index in [-0.39, 0.29) is 18.1 Å². The molecular formula is C9H9ClN2O2. The second-order valence-corrected chi connectivity index (χ2v) is 2.87. The number of nitrogens with zero attached hydrogens (tertiary/aromatic N) is 1. The molecule has 2 aromatic rings. The maximum absolute atomic E-state index is 10.7. The van der Waals surface area contributed by atoms with Gasteiger partial charge in [0, 0.05) is 5.39 Å². The van der Waals surface area contributed by atoms with Crippen LogP contribution in [-0.4, -0.2) is 21.3 Å². The zero-order chi connectivity index (χ0) is 9.42. The number of fused-ring (bicyclic) bond motifs is 1. The summed E-state index contributed by atoms with van der Waals surface area (Å²) in [6.45, 7) is 1.87. The molecule has 0 saturated carbocycles. The van der Waals surface area contributed by atoms with E-state index in [1.54, 1.807) is 0 Å². The quantitative estimate of drug-likeness (QED) is 0.760. The van der Waals surface area contributed by atoms with E-state index in [2.05, 4.69) is 10.2 Å². The smallest absolute Gasteiger partial charge is 0.357 e. The van der Waals surface area contributed by atoms with E-state index < -0.39 is 5.97 Å². The lowest BCUT2D eigenvalue weighted by molar-refractivity contribution is 0.0692. The van der Waals surface area contributed by atoms with Gasteiger partial charge in [0.25, 0.3) is 0 Å². The molecule has 5 heteroatoms. The van der Waals surface area contributed by atoms with Crippen molar-refractivity contribution in [2.24, 2.45) is 0 Å². The van der Waals surface area contributed by atoms with Gasteiger partial charge in [-0.05, 0) is 18.6 Å². The monoisotopic (exact) mass is 212 g/mol. The first-order chi connectivity index (χ1) is 6.20. The molecule has 1 aromatic heterocycles. The van der Waals surface area contributed by atoms with Crippen molar-refractivity contribution in [3.63, 3.8) is 0 Å². The van der Waals surface area contributed by atoms with Gasteiger partial charge in [-0.25, -0.2) is 4.79 Å². The van der Waals surface area contributed by atoms with Gasteiger partial charge in [-0.2, -0.15) is 5.10 Å². The first kappa shape index (κ1) is 10.5. The number of aromatic nitrogens is 2. The molecule has 14 heavy (non-hydrogen) atoms. The Morgan fingerprint density at radius 3 is 2.86 bits per heavy atom. The Labute approximate surface area is 86.3 Å². The maximum atomic E-state index is 10.7. The van der Waals surface area contributed by atoms with Gasteiger partial charge in [0.2, 0.25) is 0 Å². The molecule has 0 amide bonds. The Bertz CT molecular complexity index is 479. The van der Waals surface area contributed by atoms with Crippen molar-refractivity contribution >= 4 is 29.3 Å². The zero-order valence-electron chi connectivity index (χ0n) is 7.44. The number of halogens is 1. The number of nitrogens with one attached hydrogen (secondary N) is 1. The van der Waals surface area contributed by atoms with E-state index >= 15 is 0 Å². The number of aromatic carboxylic acids is 1. The Kier molecular flexibility index (Phi) is 2.76. The summed E-state index contributed by atoms with van der Waals surface area (Å²) in [6.07, 6.45) is 0. The van der Waals surface area contributed by atoms with E-state index in [0.717, 1.165) is 11.1 Å². The highest BCUT2D eigenvalue weighted by Crippen LogP contribution is 2.19. The Hall–Kier alpha value is -1.55. The molecule has 4 nitrogen and oxygen atoms in total. The van der Waals surface area contributed by atoms with Crippen molar-refractivity contribution < 1.29 is 9.90 Å². The Balaban J connectivity index is 0.000000980. The molecule has 0 aliphatic carbocycles. The average Bonchev–Trinajstić information content (AvgIpc) is 2.49. The fourth-order valence-corrected chi connectivity index (χ4v) is 1.40. The fourth-order valence-electron chi connectivity index (χ4n) is 1.40. The van der Waals surface area contributed by atoms with E-state index in [1.807, 2.05) is 25.1 Å². The fraction of sp³-hybridized carbons (Fsp3) is 0.111. The van der Waals surface area contributed by atoms with Crippen molar-refractivity contribution in [2.75, 3.05) is 0 Å². The van der Waals surface area contributed by atoms with Gasteiger partial charge >= 0.3 is 5.97 Å². The van der Waals surface area contributed by atoms with E-state index in [1.165, 1.54) is 0 Å². The summed E-state index contributed by atoms with van der Waals surface area (Å²) < 4.78 is 0. The van der Waals surface area contributed by atoms with Crippen LogP contribution in [0.4, 0.5) is 0 Å². The van der Waals surface area contributed by atoms with Gasteiger partial charge in [0.05, 0.1) is 5.52 Å². The van der Waals surface area contributed by atoms with Crippen LogP contribution in [0.15, 0.2) is 18.2 Å². The van der Waals surface area contributed by atoms with Crippen LogP contribution in [0.25, 0.3) is 10.9 Å². The molecule has 0 unspecified atom stereocenters. The molecule has 0 spiro atoms. The first-order valence-electron chi connectivity index (χ1n) is 3.87. The number of carbonyl (C=O) groups is 1. The lowest BCUT2D eigenvalue weighted by atomic mass is 10.1. The van der Waals surface area contributed by atoms with Crippen molar-refractivity contribution in [2.45, 2.75) is 6.92 Å². The minimum absolute atomic E-state index is 0. The normalized spacial score (nSPS) is 9.79. The molecule has 2 N–H and O–H groups in total. The van der Waals surface area contributed by atoms with Crippen LogP contribution in [-0.2, 0) is 0 Å². The molecule has 0 fully saturated rings. The molecule has 0 saturated heterocycles. The third-order valence-electron chi connectivity index (χ3n) is 2.00. The number of hydrogen-bond acceptors (Lipinski definition) is 2. The van der Waals surface area contributed by atoms with Crippen LogP contribution in [0.3, 0.4) is 0 Å². The third-order valence-corrected chi connectivity index (χ3v) is 2.00. The highest BCUT2D eigenvalue weighted by Gasteiger charge is 2.13. The van der Waals surface area contributed by atoms with Gasteiger partial charge < -0.3 is 5.11 Å². The van der Waals surface area contributed by atoms with Crippen LogP contribution in [0.1, 0.15) is 16.1 Å². The summed E-state index contributed by atoms with van der Waals surface area (Å²) in [6, 6.07) is 5.54. The van der Waals surface area contributed by atoms with Crippen LogP contribution >= 0.6 is 12.4 Å². The van der Waals surface area contributed by atoms with Gasteiger partial charge in [-0.1, -0.05) is 12.1 Å². The van der Waals surface area contributed by atoms with Crippen molar-refractivity contribution in [3.05, 3.63) is 29.5 Å². The zero-order valence-corrected chi connectivity index (χ0v) is 8.26. The van der Waals surface area contributed by atoms with Crippen LogP contribution in [0.5, 0.6) is 0 Å². The van der Waals surface area contributed by atoms with E-state index in [4.69, 9.17) is 5.11 Å². The number of rotatable bonds is 1. The molecule has 1 aromatic carbocycles. The molecule has 74 valence electrons. The van der Waals surface area contributed by atoms with Gasteiger partial charge in [0.15, 0.2) is 5.69 Å². The first-order valence-corrected chi connectivity index (χ1v) is 3.87. The molecule has 0 radical (unpaired) electrons. The van der Waals surface area contributed by atoms with Gasteiger partial charge in [-0.3, -0.25) is 5.10 Å². The Morgan fingerprint density at radius 1 is 1.50 bits per heavy atom. The lowest BCUT2D eigenvalue weighted by Gasteiger charge is -1.94. The van der Waals surface area contributed by atoms with E-state index in [9.17, 15) is 4.79 Å². The van der Waals surface area contributed by atoms with E-state index in [0.29, 0.717) is 5.39 Å². The summed E-state index contributed by atoms with van der Waals surface area (Å²) >= 11 is 0.